The maximum Gasteiger partial charge on any atom is 0.234 e. The Morgan fingerprint density at radius 2 is 1.93 bits per heavy atom. The quantitative estimate of drug-likeness (QED) is 0.762. The van der Waals surface area contributed by atoms with Gasteiger partial charge in [-0.1, -0.05) is 18.2 Å². The zero-order valence-corrected chi connectivity index (χ0v) is 17.5. The Kier molecular flexibility index (Phi) is 8.54. The van der Waals surface area contributed by atoms with E-state index in [0.29, 0.717) is 6.54 Å². The lowest BCUT2D eigenvalue weighted by molar-refractivity contribution is -0.130. The predicted molar refractivity (Wildman–Crippen MR) is 111 cm³/mol. The molecular formula is C20H31ClN4O3. The number of piperazine rings is 1. The van der Waals surface area contributed by atoms with Crippen molar-refractivity contribution in [3.05, 3.63) is 29.8 Å². The number of piperidine rings is 1. The third-order valence-corrected chi connectivity index (χ3v) is 5.50. The summed E-state index contributed by atoms with van der Waals surface area (Å²) in [6.07, 6.45) is 1.64. The fourth-order valence-electron chi connectivity index (χ4n) is 3.98. The molecule has 1 aromatic carbocycles. The number of hydrogen-bond acceptors (Lipinski definition) is 5. The van der Waals surface area contributed by atoms with Crippen LogP contribution < -0.4 is 15.4 Å². The fraction of sp³-hybridized carbons (Fsp3) is 0.600. The first-order valence-electron chi connectivity index (χ1n) is 9.71. The van der Waals surface area contributed by atoms with E-state index < -0.39 is 0 Å². The van der Waals surface area contributed by atoms with Crippen molar-refractivity contribution in [1.29, 1.82) is 0 Å². The summed E-state index contributed by atoms with van der Waals surface area (Å²) in [5.74, 6) is 1.02. The minimum Gasteiger partial charge on any atom is -0.496 e. The van der Waals surface area contributed by atoms with E-state index in [1.807, 2.05) is 23.1 Å². The molecule has 1 atom stereocenters. The highest BCUT2D eigenvalue weighted by Crippen LogP contribution is 2.29. The topological polar surface area (TPSA) is 73.9 Å². The molecule has 28 heavy (non-hydrogen) atoms. The number of carbonyl (C=O) groups excluding carboxylic acids is 2. The Morgan fingerprint density at radius 3 is 2.61 bits per heavy atom. The molecule has 7 nitrogen and oxygen atoms in total. The number of ether oxygens (including phenoxy) is 1. The zero-order valence-electron chi connectivity index (χ0n) is 16.6. The Labute approximate surface area is 173 Å². The minimum absolute atomic E-state index is 0. The predicted octanol–water partition coefficient (Wildman–Crippen LogP) is 1.19. The van der Waals surface area contributed by atoms with Crippen LogP contribution in [0.15, 0.2) is 24.3 Å². The van der Waals surface area contributed by atoms with Crippen LogP contribution in [0.4, 0.5) is 0 Å². The number of nitrogens with zero attached hydrogens (tertiary/aromatic N) is 2. The van der Waals surface area contributed by atoms with E-state index in [1.54, 1.807) is 14.0 Å². The molecule has 0 bridgehead atoms. The SMILES string of the molecule is COc1ccccc1C1CNCCN1CC(=O)NC1CCN(C(C)=O)CC1.Cl. The summed E-state index contributed by atoms with van der Waals surface area (Å²) < 4.78 is 5.52. The molecule has 0 spiro atoms. The van der Waals surface area contributed by atoms with Crippen LogP contribution in [0.5, 0.6) is 5.75 Å². The number of para-hydroxylation sites is 1. The van der Waals surface area contributed by atoms with Crippen molar-refractivity contribution in [3.8, 4) is 5.75 Å². The van der Waals surface area contributed by atoms with Gasteiger partial charge in [0.15, 0.2) is 0 Å². The highest BCUT2D eigenvalue weighted by molar-refractivity contribution is 5.85. The minimum atomic E-state index is 0. The Hall–Kier alpha value is -1.83. The molecule has 2 aliphatic rings. The smallest absolute Gasteiger partial charge is 0.234 e. The third-order valence-electron chi connectivity index (χ3n) is 5.50. The van der Waals surface area contributed by atoms with Crippen LogP contribution in [0, 0.1) is 0 Å². The maximum absolute atomic E-state index is 12.6. The Balaban J connectivity index is 0.00000280. The molecule has 2 aliphatic heterocycles. The van der Waals surface area contributed by atoms with Crippen LogP contribution in [0.2, 0.25) is 0 Å². The van der Waals surface area contributed by atoms with Crippen molar-refractivity contribution < 1.29 is 14.3 Å². The number of halogens is 1. The van der Waals surface area contributed by atoms with Crippen LogP contribution in [0.25, 0.3) is 0 Å². The number of likely N-dealkylation sites (tertiary alicyclic amines) is 1. The van der Waals surface area contributed by atoms with Gasteiger partial charge in [-0.15, -0.1) is 12.4 Å². The summed E-state index contributed by atoms with van der Waals surface area (Å²) in [6.45, 7) is 5.90. The molecule has 2 amide bonds. The zero-order chi connectivity index (χ0) is 19.2. The second-order valence-electron chi connectivity index (χ2n) is 7.28. The monoisotopic (exact) mass is 410 g/mol. The van der Waals surface area contributed by atoms with Crippen LogP contribution in [0.1, 0.15) is 31.4 Å². The summed E-state index contributed by atoms with van der Waals surface area (Å²) in [4.78, 5) is 28.1. The van der Waals surface area contributed by atoms with E-state index in [0.717, 1.165) is 56.9 Å². The number of benzene rings is 1. The van der Waals surface area contributed by atoms with Gasteiger partial charge in [-0.2, -0.15) is 0 Å². The van der Waals surface area contributed by atoms with Gasteiger partial charge >= 0.3 is 0 Å². The molecule has 8 heteroatoms. The molecule has 1 aromatic rings. The number of amides is 2. The summed E-state index contributed by atoms with van der Waals surface area (Å²) in [6, 6.07) is 8.27. The average Bonchev–Trinajstić information content (AvgIpc) is 2.68. The summed E-state index contributed by atoms with van der Waals surface area (Å²) >= 11 is 0. The highest BCUT2D eigenvalue weighted by atomic mass is 35.5. The molecule has 0 saturated carbocycles. The molecule has 2 saturated heterocycles. The van der Waals surface area contributed by atoms with Gasteiger partial charge in [0.05, 0.1) is 19.7 Å². The van der Waals surface area contributed by atoms with Crippen molar-refractivity contribution in [2.24, 2.45) is 0 Å². The molecule has 0 aliphatic carbocycles. The standard InChI is InChI=1S/C20H30N4O3.ClH/c1-15(25)23-10-7-16(8-11-23)22-20(26)14-24-12-9-21-13-18(24)17-5-3-4-6-19(17)27-2;/h3-6,16,18,21H,7-14H2,1-2H3,(H,22,26);1H. The summed E-state index contributed by atoms with van der Waals surface area (Å²) in [5, 5.41) is 6.57. The Morgan fingerprint density at radius 1 is 1.21 bits per heavy atom. The van der Waals surface area contributed by atoms with Crippen molar-refractivity contribution in [2.45, 2.75) is 31.8 Å². The second-order valence-corrected chi connectivity index (χ2v) is 7.28. The number of rotatable bonds is 5. The number of hydrogen-bond donors (Lipinski definition) is 2. The maximum atomic E-state index is 12.6. The first kappa shape index (κ1) is 22.5. The highest BCUT2D eigenvalue weighted by Gasteiger charge is 2.29. The van der Waals surface area contributed by atoms with Gasteiger partial charge in [0.2, 0.25) is 11.8 Å². The van der Waals surface area contributed by atoms with Crippen LogP contribution in [-0.2, 0) is 9.59 Å². The van der Waals surface area contributed by atoms with Gasteiger partial charge in [0.25, 0.3) is 0 Å². The summed E-state index contributed by atoms with van der Waals surface area (Å²) in [5.41, 5.74) is 1.11. The van der Waals surface area contributed by atoms with E-state index in [9.17, 15) is 9.59 Å². The molecular weight excluding hydrogens is 380 g/mol. The van der Waals surface area contributed by atoms with Crippen molar-refractivity contribution >= 4 is 24.2 Å². The molecule has 2 fully saturated rings. The van der Waals surface area contributed by atoms with Gasteiger partial charge in [0, 0.05) is 51.3 Å². The molecule has 0 radical (unpaired) electrons. The molecule has 1 unspecified atom stereocenters. The lowest BCUT2D eigenvalue weighted by Gasteiger charge is -2.37. The fourth-order valence-corrected chi connectivity index (χ4v) is 3.98. The van der Waals surface area contributed by atoms with E-state index >= 15 is 0 Å². The average molecular weight is 411 g/mol. The van der Waals surface area contributed by atoms with E-state index in [2.05, 4.69) is 21.6 Å². The number of carbonyl (C=O) groups is 2. The number of nitrogens with one attached hydrogen (secondary N) is 2. The Bertz CT molecular complexity index is 665. The van der Waals surface area contributed by atoms with E-state index in [4.69, 9.17) is 4.74 Å². The summed E-state index contributed by atoms with van der Waals surface area (Å²) in [7, 11) is 1.68. The molecule has 3 rings (SSSR count). The van der Waals surface area contributed by atoms with Gasteiger partial charge in [-0.3, -0.25) is 14.5 Å². The second kappa shape index (κ2) is 10.6. The normalized spacial score (nSPS) is 20.9. The largest absolute Gasteiger partial charge is 0.496 e. The van der Waals surface area contributed by atoms with E-state index in [1.165, 1.54) is 0 Å². The van der Waals surface area contributed by atoms with Crippen molar-refractivity contribution in [1.82, 2.24) is 20.4 Å². The van der Waals surface area contributed by atoms with Gasteiger partial charge in [-0.05, 0) is 18.9 Å². The number of methoxy groups -OCH3 is 1. The van der Waals surface area contributed by atoms with Crippen LogP contribution in [-0.4, -0.2) is 74.0 Å². The third kappa shape index (κ3) is 5.59. The molecule has 0 aromatic heterocycles. The lowest BCUT2D eigenvalue weighted by atomic mass is 10.0. The van der Waals surface area contributed by atoms with Crippen molar-refractivity contribution in [3.63, 3.8) is 0 Å². The van der Waals surface area contributed by atoms with Crippen molar-refractivity contribution in [2.75, 3.05) is 46.4 Å². The molecule has 2 N–H and O–H groups in total. The van der Waals surface area contributed by atoms with Crippen LogP contribution in [0.3, 0.4) is 0 Å². The first-order chi connectivity index (χ1) is 13.1. The van der Waals surface area contributed by atoms with Gasteiger partial charge < -0.3 is 20.3 Å². The van der Waals surface area contributed by atoms with Gasteiger partial charge in [-0.25, -0.2) is 0 Å². The first-order valence-corrected chi connectivity index (χ1v) is 9.71. The van der Waals surface area contributed by atoms with Crippen LogP contribution >= 0.6 is 12.4 Å². The van der Waals surface area contributed by atoms with E-state index in [-0.39, 0.29) is 36.3 Å². The molecule has 156 valence electrons. The van der Waals surface area contributed by atoms with Gasteiger partial charge in [0.1, 0.15) is 5.75 Å². The molecule has 2 heterocycles. The lowest BCUT2D eigenvalue weighted by Crippen LogP contribution is -2.52.